The van der Waals surface area contributed by atoms with Gasteiger partial charge in [0.1, 0.15) is 0 Å². The fraction of sp³-hybridized carbons (Fsp3) is 0.900. The third-order valence-electron chi connectivity index (χ3n) is 2.43. The molecule has 0 saturated carbocycles. The predicted molar refractivity (Wildman–Crippen MR) is 70.2 cm³/mol. The standard InChI is InChI=1S/C10H20IN3O/c1-9(2)12-7-10(15)8-13-3-5-14(11)6-4-13/h9,12H,3-8H2,1-2H3. The van der Waals surface area contributed by atoms with Crippen LogP contribution in [0.2, 0.25) is 0 Å². The van der Waals surface area contributed by atoms with Gasteiger partial charge in [0.25, 0.3) is 0 Å². The zero-order chi connectivity index (χ0) is 11.3. The van der Waals surface area contributed by atoms with Crippen LogP contribution in [-0.4, -0.2) is 59.1 Å². The SMILES string of the molecule is CC(C)NCC(=O)CN1CCN(I)CC1. The lowest BCUT2D eigenvalue weighted by Crippen LogP contribution is -2.46. The number of hydrogen-bond donors (Lipinski definition) is 1. The van der Waals surface area contributed by atoms with Crippen molar-refractivity contribution < 1.29 is 4.79 Å². The van der Waals surface area contributed by atoms with Gasteiger partial charge in [-0.1, -0.05) is 13.8 Å². The summed E-state index contributed by atoms with van der Waals surface area (Å²) in [5.74, 6) is 0.297. The minimum Gasteiger partial charge on any atom is -0.308 e. The monoisotopic (exact) mass is 325 g/mol. The second-order valence-electron chi connectivity index (χ2n) is 4.26. The molecule has 0 amide bonds. The van der Waals surface area contributed by atoms with Crippen LogP contribution in [-0.2, 0) is 4.79 Å². The van der Waals surface area contributed by atoms with Crippen LogP contribution >= 0.6 is 22.9 Å². The molecule has 0 spiro atoms. The predicted octanol–water partition coefficient (Wildman–Crippen LogP) is 0.521. The number of halogens is 1. The van der Waals surface area contributed by atoms with Crippen molar-refractivity contribution in [3.8, 4) is 0 Å². The Balaban J connectivity index is 2.15. The second kappa shape index (κ2) is 6.78. The molecule has 1 heterocycles. The third-order valence-corrected chi connectivity index (χ3v) is 3.39. The number of hydrogen-bond acceptors (Lipinski definition) is 4. The molecule has 0 aromatic carbocycles. The summed E-state index contributed by atoms with van der Waals surface area (Å²) < 4.78 is 2.27. The molecule has 1 aliphatic heterocycles. The van der Waals surface area contributed by atoms with Crippen LogP contribution < -0.4 is 5.32 Å². The highest BCUT2D eigenvalue weighted by atomic mass is 127. The molecule has 1 saturated heterocycles. The Morgan fingerprint density at radius 1 is 1.33 bits per heavy atom. The molecule has 1 fully saturated rings. The molecule has 0 aliphatic carbocycles. The summed E-state index contributed by atoms with van der Waals surface area (Å²) in [6.07, 6.45) is 0. The van der Waals surface area contributed by atoms with Crippen molar-refractivity contribution in [1.29, 1.82) is 0 Å². The van der Waals surface area contributed by atoms with E-state index in [1.165, 1.54) is 0 Å². The largest absolute Gasteiger partial charge is 0.308 e. The maximum atomic E-state index is 11.6. The third kappa shape index (κ3) is 5.79. The van der Waals surface area contributed by atoms with E-state index in [1.807, 2.05) is 0 Å². The van der Waals surface area contributed by atoms with Gasteiger partial charge in [0.05, 0.1) is 13.1 Å². The van der Waals surface area contributed by atoms with Crippen molar-refractivity contribution in [3.05, 3.63) is 0 Å². The van der Waals surface area contributed by atoms with Gasteiger partial charge in [0.2, 0.25) is 0 Å². The first-order chi connectivity index (χ1) is 7.08. The van der Waals surface area contributed by atoms with Crippen LogP contribution in [0, 0.1) is 0 Å². The molecule has 0 aromatic heterocycles. The van der Waals surface area contributed by atoms with E-state index < -0.39 is 0 Å². The number of nitrogens with one attached hydrogen (secondary N) is 1. The topological polar surface area (TPSA) is 35.6 Å². The first kappa shape index (κ1) is 13.3. The van der Waals surface area contributed by atoms with E-state index in [1.54, 1.807) is 0 Å². The fourth-order valence-corrected chi connectivity index (χ4v) is 1.94. The molecule has 15 heavy (non-hydrogen) atoms. The number of rotatable bonds is 5. The van der Waals surface area contributed by atoms with Gasteiger partial charge < -0.3 is 5.32 Å². The van der Waals surface area contributed by atoms with Gasteiger partial charge >= 0.3 is 0 Å². The zero-order valence-corrected chi connectivity index (χ0v) is 11.7. The summed E-state index contributed by atoms with van der Waals surface area (Å²) in [6, 6.07) is 0.389. The number of Topliss-reactive ketones (excluding diaryl/α,β-unsaturated/α-hetero) is 1. The number of carbonyl (C=O) groups is 1. The average molecular weight is 325 g/mol. The molecule has 1 aliphatic rings. The minimum atomic E-state index is 0.297. The van der Waals surface area contributed by atoms with Gasteiger partial charge in [-0.05, 0) is 0 Å². The quantitative estimate of drug-likeness (QED) is 0.591. The Morgan fingerprint density at radius 3 is 2.47 bits per heavy atom. The molecule has 1 rings (SSSR count). The number of nitrogens with zero attached hydrogens (tertiary/aromatic N) is 2. The Bertz CT molecular complexity index is 203. The molecular formula is C10H20IN3O. The first-order valence-electron chi connectivity index (χ1n) is 5.46. The summed E-state index contributed by atoms with van der Waals surface area (Å²) in [5, 5.41) is 3.16. The van der Waals surface area contributed by atoms with E-state index in [0.29, 0.717) is 24.9 Å². The fourth-order valence-electron chi connectivity index (χ4n) is 1.50. The summed E-state index contributed by atoms with van der Waals surface area (Å²) >= 11 is 2.34. The van der Waals surface area contributed by atoms with Crippen LogP contribution in [0.5, 0.6) is 0 Å². The van der Waals surface area contributed by atoms with E-state index in [9.17, 15) is 4.79 Å². The maximum absolute atomic E-state index is 11.6. The minimum absolute atomic E-state index is 0.297. The molecule has 4 nitrogen and oxygen atoms in total. The van der Waals surface area contributed by atoms with Crippen molar-refractivity contribution in [2.75, 3.05) is 39.3 Å². The van der Waals surface area contributed by atoms with Gasteiger partial charge in [0.15, 0.2) is 5.78 Å². The van der Waals surface area contributed by atoms with E-state index in [4.69, 9.17) is 0 Å². The Hall–Kier alpha value is 0.280. The van der Waals surface area contributed by atoms with Crippen molar-refractivity contribution in [2.45, 2.75) is 19.9 Å². The second-order valence-corrected chi connectivity index (χ2v) is 5.62. The molecule has 5 heteroatoms. The summed E-state index contributed by atoms with van der Waals surface area (Å²) in [6.45, 7) is 9.36. The van der Waals surface area contributed by atoms with E-state index in [2.05, 4.69) is 50.0 Å². The molecule has 1 N–H and O–H groups in total. The van der Waals surface area contributed by atoms with Crippen molar-refractivity contribution in [2.24, 2.45) is 0 Å². The van der Waals surface area contributed by atoms with Gasteiger partial charge in [0, 0.05) is 55.1 Å². The molecule has 0 radical (unpaired) electrons. The molecule has 0 unspecified atom stereocenters. The van der Waals surface area contributed by atoms with E-state index in [-0.39, 0.29) is 0 Å². The normalized spacial score (nSPS) is 19.7. The smallest absolute Gasteiger partial charge is 0.160 e. The molecule has 0 atom stereocenters. The first-order valence-corrected chi connectivity index (χ1v) is 6.42. The van der Waals surface area contributed by atoms with Gasteiger partial charge in [-0.15, -0.1) is 0 Å². The molecule has 0 bridgehead atoms. The van der Waals surface area contributed by atoms with E-state index >= 15 is 0 Å². The van der Waals surface area contributed by atoms with Crippen molar-refractivity contribution >= 4 is 28.6 Å². The maximum Gasteiger partial charge on any atom is 0.160 e. The van der Waals surface area contributed by atoms with Crippen LogP contribution in [0.4, 0.5) is 0 Å². The Kier molecular flexibility index (Phi) is 6.03. The van der Waals surface area contributed by atoms with E-state index in [0.717, 1.165) is 26.2 Å². The molecule has 0 aromatic rings. The van der Waals surface area contributed by atoms with Crippen LogP contribution in [0.1, 0.15) is 13.8 Å². The van der Waals surface area contributed by atoms with Gasteiger partial charge in [-0.25, -0.2) is 3.11 Å². The van der Waals surface area contributed by atoms with Crippen LogP contribution in [0.25, 0.3) is 0 Å². The van der Waals surface area contributed by atoms with Gasteiger partial charge in [-0.3, -0.25) is 9.69 Å². The summed E-state index contributed by atoms with van der Waals surface area (Å²) in [7, 11) is 0. The van der Waals surface area contributed by atoms with Crippen LogP contribution in [0.15, 0.2) is 0 Å². The molecular weight excluding hydrogens is 305 g/mol. The molecule has 88 valence electrons. The summed E-state index contributed by atoms with van der Waals surface area (Å²) in [5.41, 5.74) is 0. The van der Waals surface area contributed by atoms with Gasteiger partial charge in [-0.2, -0.15) is 0 Å². The number of piperazine rings is 1. The average Bonchev–Trinajstić information content (AvgIpc) is 2.19. The zero-order valence-electron chi connectivity index (χ0n) is 9.50. The lowest BCUT2D eigenvalue weighted by molar-refractivity contribution is -0.119. The van der Waals surface area contributed by atoms with Crippen molar-refractivity contribution in [1.82, 2.24) is 13.3 Å². The lowest BCUT2D eigenvalue weighted by Gasteiger charge is -2.30. The highest BCUT2D eigenvalue weighted by Crippen LogP contribution is 2.05. The van der Waals surface area contributed by atoms with Crippen molar-refractivity contribution in [3.63, 3.8) is 0 Å². The highest BCUT2D eigenvalue weighted by molar-refractivity contribution is 14.1. The lowest BCUT2D eigenvalue weighted by atomic mass is 10.3. The number of carbonyl (C=O) groups excluding carboxylic acids is 1. The Labute approximate surface area is 106 Å². The Morgan fingerprint density at radius 2 is 1.93 bits per heavy atom. The highest BCUT2D eigenvalue weighted by Gasteiger charge is 2.16. The number of ketones is 1. The van der Waals surface area contributed by atoms with Crippen LogP contribution in [0.3, 0.4) is 0 Å². The summed E-state index contributed by atoms with van der Waals surface area (Å²) in [4.78, 5) is 13.8.